The molecule has 1 fully saturated rings. The van der Waals surface area contributed by atoms with Gasteiger partial charge in [0, 0.05) is 48.6 Å². The van der Waals surface area contributed by atoms with Crippen molar-refractivity contribution < 1.29 is 18.7 Å². The fourth-order valence-electron chi connectivity index (χ4n) is 3.51. The van der Waals surface area contributed by atoms with Crippen molar-refractivity contribution in [3.8, 4) is 5.75 Å². The topological polar surface area (TPSA) is 170 Å². The molecule has 2 aromatic rings. The lowest BCUT2D eigenvalue weighted by Gasteiger charge is -2.16. The second-order valence-corrected chi connectivity index (χ2v) is 8.01. The molecule has 0 saturated carbocycles. The van der Waals surface area contributed by atoms with E-state index in [1.54, 1.807) is 29.2 Å². The molecule has 1 atom stereocenters. The number of rotatable bonds is 9. The number of amidine groups is 1. The van der Waals surface area contributed by atoms with E-state index in [9.17, 15) is 14.0 Å². The van der Waals surface area contributed by atoms with Crippen LogP contribution in [-0.4, -0.2) is 49.0 Å². The predicted octanol–water partition coefficient (Wildman–Crippen LogP) is 3.92. The molecule has 12 nitrogen and oxygen atoms in total. The van der Waals surface area contributed by atoms with E-state index in [4.69, 9.17) is 16.0 Å². The predicted molar refractivity (Wildman–Crippen MR) is 138 cm³/mol. The molecule has 1 saturated heterocycles. The zero-order valence-electron chi connectivity index (χ0n) is 20.2. The van der Waals surface area contributed by atoms with E-state index in [1.807, 2.05) is 6.07 Å². The molecule has 0 spiro atoms. The van der Waals surface area contributed by atoms with Crippen LogP contribution < -0.4 is 26.4 Å². The summed E-state index contributed by atoms with van der Waals surface area (Å²) in [5.74, 6) is -1.35. The van der Waals surface area contributed by atoms with Crippen molar-refractivity contribution in [2.75, 3.05) is 30.8 Å². The maximum atomic E-state index is 14.7. The first kappa shape index (κ1) is 26.8. The minimum atomic E-state index is -0.965. The van der Waals surface area contributed by atoms with Crippen LogP contribution in [0, 0.1) is 5.82 Å². The number of azide groups is 1. The van der Waals surface area contributed by atoms with Gasteiger partial charge in [-0.3, -0.25) is 15.1 Å². The number of likely N-dealkylation sites (tertiary alicyclic amines) is 1. The number of hydrogen-bond acceptors (Lipinski definition) is 7. The van der Waals surface area contributed by atoms with Gasteiger partial charge >= 0.3 is 6.03 Å². The van der Waals surface area contributed by atoms with Crippen LogP contribution in [0.2, 0.25) is 0 Å². The van der Waals surface area contributed by atoms with Crippen molar-refractivity contribution >= 4 is 29.1 Å². The zero-order chi connectivity index (χ0) is 26.6. The van der Waals surface area contributed by atoms with Gasteiger partial charge in [-0.15, -0.1) is 0 Å². The second-order valence-electron chi connectivity index (χ2n) is 8.01. The summed E-state index contributed by atoms with van der Waals surface area (Å²) in [6.07, 6.45) is 2.02. The highest BCUT2D eigenvalue weighted by atomic mass is 19.1. The maximum Gasteiger partial charge on any atom is 0.322 e. The van der Waals surface area contributed by atoms with Crippen molar-refractivity contribution in [3.05, 3.63) is 76.8 Å². The number of nitrogens with two attached hydrogens (primary N) is 1. The van der Waals surface area contributed by atoms with Crippen LogP contribution in [0.15, 0.2) is 70.6 Å². The highest BCUT2D eigenvalue weighted by Crippen LogP contribution is 2.23. The lowest BCUT2D eigenvalue weighted by molar-refractivity contribution is -0.116. The molecule has 1 heterocycles. The number of benzene rings is 2. The molecule has 0 aliphatic carbocycles. The first-order valence-electron chi connectivity index (χ1n) is 11.5. The summed E-state index contributed by atoms with van der Waals surface area (Å²) in [7, 11) is 1.48. The number of nitrogens with zero attached hydrogens (tertiary/aromatic N) is 5. The Morgan fingerprint density at radius 1 is 1.22 bits per heavy atom. The number of anilines is 2. The molecule has 194 valence electrons. The van der Waals surface area contributed by atoms with Gasteiger partial charge in [-0.2, -0.15) is 0 Å². The van der Waals surface area contributed by atoms with Crippen LogP contribution in [0.4, 0.5) is 20.6 Å². The van der Waals surface area contributed by atoms with Gasteiger partial charge in [-0.1, -0.05) is 23.3 Å². The van der Waals surface area contributed by atoms with E-state index in [2.05, 4.69) is 31.0 Å². The van der Waals surface area contributed by atoms with Gasteiger partial charge in [0.2, 0.25) is 5.91 Å². The smallest absolute Gasteiger partial charge is 0.322 e. The molecule has 1 aliphatic heterocycles. The molecule has 3 amide bonds. The normalized spacial score (nSPS) is 14.4. The minimum absolute atomic E-state index is 0.166. The highest BCUT2D eigenvalue weighted by molar-refractivity contribution is 6.04. The van der Waals surface area contributed by atoms with Crippen LogP contribution in [0.25, 0.3) is 10.4 Å². The van der Waals surface area contributed by atoms with E-state index >= 15 is 0 Å². The molecule has 2 aromatic carbocycles. The first-order chi connectivity index (χ1) is 17.9. The van der Waals surface area contributed by atoms with Crippen molar-refractivity contribution in [1.82, 2.24) is 10.2 Å². The summed E-state index contributed by atoms with van der Waals surface area (Å²) in [6, 6.07) is 12.4. The summed E-state index contributed by atoms with van der Waals surface area (Å²) >= 11 is 0. The average Bonchev–Trinajstić information content (AvgIpc) is 3.41. The first-order valence-corrected chi connectivity index (χ1v) is 11.5. The number of hydrogen-bond donors (Lipinski definition) is 4. The van der Waals surface area contributed by atoms with Gasteiger partial charge in [0.1, 0.15) is 12.0 Å². The van der Waals surface area contributed by atoms with E-state index in [1.165, 1.54) is 25.3 Å². The van der Waals surface area contributed by atoms with Crippen LogP contribution in [0.5, 0.6) is 5.75 Å². The molecule has 13 heteroatoms. The van der Waals surface area contributed by atoms with Crippen molar-refractivity contribution in [2.24, 2.45) is 15.8 Å². The molecule has 3 rings (SSSR count). The standard InChI is InChI=1S/C24H28FN9O3/c1-28-21(31-24(36)34-11-5-6-12-34)14-20(26)37-19-10-9-17(13-18(19)25)29-22(32-33-27)15-23(35)30-16-7-3-2-4-8-16/h2-4,7-10,13-14,22,29H,5-6,11-12,15,26H2,1H3,(H,30,35)(H,28,31,36). The maximum absolute atomic E-state index is 14.7. The third-order valence-corrected chi connectivity index (χ3v) is 5.27. The van der Waals surface area contributed by atoms with E-state index < -0.39 is 12.0 Å². The summed E-state index contributed by atoms with van der Waals surface area (Å²) in [4.78, 5) is 32.9. The molecule has 37 heavy (non-hydrogen) atoms. The number of ether oxygens (including phenoxy) is 1. The minimum Gasteiger partial charge on any atom is -0.438 e. The Kier molecular flexibility index (Phi) is 9.68. The SMILES string of the molecule is CN=C(C=C(N)Oc1ccc(NC(CC(=O)Nc2ccccc2)N=[N+]=[N-])cc1F)NC(=O)N1CCCC1. The molecular formula is C24H28FN9O3. The lowest BCUT2D eigenvalue weighted by atomic mass is 10.2. The monoisotopic (exact) mass is 509 g/mol. The van der Waals surface area contributed by atoms with Crippen LogP contribution in [0.1, 0.15) is 19.3 Å². The molecule has 0 radical (unpaired) electrons. The number of amides is 3. The zero-order valence-corrected chi connectivity index (χ0v) is 20.2. The van der Waals surface area contributed by atoms with Crippen molar-refractivity contribution in [2.45, 2.75) is 25.4 Å². The number of aliphatic imine (C=N–C) groups is 1. The van der Waals surface area contributed by atoms with Gasteiger partial charge in [0.15, 0.2) is 17.4 Å². The molecule has 1 aliphatic rings. The summed E-state index contributed by atoms with van der Waals surface area (Å²) in [5.41, 5.74) is 15.6. The van der Waals surface area contributed by atoms with E-state index in [-0.39, 0.29) is 41.5 Å². The number of halogens is 1. The summed E-state index contributed by atoms with van der Waals surface area (Å²) < 4.78 is 20.1. The van der Waals surface area contributed by atoms with Gasteiger partial charge in [0.25, 0.3) is 0 Å². The molecule has 5 N–H and O–H groups in total. The van der Waals surface area contributed by atoms with Crippen LogP contribution >= 0.6 is 0 Å². The van der Waals surface area contributed by atoms with E-state index in [0.29, 0.717) is 18.8 Å². The Balaban J connectivity index is 1.59. The average molecular weight is 510 g/mol. The summed E-state index contributed by atoms with van der Waals surface area (Å²) in [5, 5.41) is 11.7. The molecule has 0 aromatic heterocycles. The van der Waals surface area contributed by atoms with E-state index in [0.717, 1.165) is 18.9 Å². The Morgan fingerprint density at radius 3 is 2.59 bits per heavy atom. The van der Waals surface area contributed by atoms with Gasteiger partial charge in [-0.25, -0.2) is 9.18 Å². The second kappa shape index (κ2) is 13.4. The van der Waals surface area contributed by atoms with Crippen molar-refractivity contribution in [3.63, 3.8) is 0 Å². The quantitative estimate of drug-likeness (QED) is 0.100. The Labute approximate surface area is 213 Å². The number of carbonyl (C=O) groups is 2. The Bertz CT molecular complexity index is 1210. The van der Waals surface area contributed by atoms with Gasteiger partial charge in [0.05, 0.1) is 6.42 Å². The Morgan fingerprint density at radius 2 is 1.95 bits per heavy atom. The number of para-hydroxylation sites is 1. The number of urea groups is 1. The number of nitrogens with one attached hydrogen (secondary N) is 3. The fraction of sp³-hybridized carbons (Fsp3) is 0.292. The van der Waals surface area contributed by atoms with Crippen LogP contribution in [-0.2, 0) is 4.79 Å². The number of carbonyl (C=O) groups excluding carboxylic acids is 2. The van der Waals surface area contributed by atoms with Crippen LogP contribution in [0.3, 0.4) is 0 Å². The lowest BCUT2D eigenvalue weighted by Crippen LogP contribution is -2.41. The largest absolute Gasteiger partial charge is 0.438 e. The third kappa shape index (κ3) is 8.44. The highest BCUT2D eigenvalue weighted by Gasteiger charge is 2.19. The molecule has 0 bridgehead atoms. The summed E-state index contributed by atoms with van der Waals surface area (Å²) in [6.45, 7) is 1.34. The van der Waals surface area contributed by atoms with Gasteiger partial charge in [-0.05, 0) is 42.6 Å². The van der Waals surface area contributed by atoms with Gasteiger partial charge < -0.3 is 26.0 Å². The third-order valence-electron chi connectivity index (χ3n) is 5.27. The molecule has 1 unspecified atom stereocenters. The Hall–Kier alpha value is -4.77. The fourth-order valence-corrected chi connectivity index (χ4v) is 3.51. The van der Waals surface area contributed by atoms with Crippen molar-refractivity contribution in [1.29, 1.82) is 0 Å². The molecular weight excluding hydrogens is 481 g/mol.